The van der Waals surface area contributed by atoms with Crippen LogP contribution < -0.4 is 0 Å². The highest BCUT2D eigenvalue weighted by Gasteiger charge is 2.44. The Morgan fingerprint density at radius 2 is 1.05 bits per heavy atom. The maximum Gasteiger partial charge on any atom is 0.418 e. The fourth-order valence-electron chi connectivity index (χ4n) is 1.75. The van der Waals surface area contributed by atoms with E-state index in [-0.39, 0.29) is 6.07 Å². The van der Waals surface area contributed by atoms with E-state index in [2.05, 4.69) is 0 Å². The molecule has 118 valence electrons. The summed E-state index contributed by atoms with van der Waals surface area (Å²) >= 11 is 0. The summed E-state index contributed by atoms with van der Waals surface area (Å²) in [6.45, 7) is 0. The summed E-state index contributed by atoms with van der Waals surface area (Å²) in [7, 11) is 0. The minimum Gasteiger partial charge on any atom is -0.478 e. The number of rotatable bonds is 4. The van der Waals surface area contributed by atoms with Gasteiger partial charge in [0.1, 0.15) is 0 Å². The molecule has 0 aliphatic rings. The van der Waals surface area contributed by atoms with Crippen molar-refractivity contribution in [1.29, 1.82) is 0 Å². The monoisotopic (exact) mass is 322 g/mol. The fourth-order valence-corrected chi connectivity index (χ4v) is 1.75. The van der Waals surface area contributed by atoms with Gasteiger partial charge in [0.2, 0.25) is 0 Å². The highest BCUT2D eigenvalue weighted by atomic mass is 19.4. The summed E-state index contributed by atoms with van der Waals surface area (Å²) in [5.74, 6) is -9.02. The Bertz CT molecular complexity index is 654. The predicted molar refractivity (Wildman–Crippen MR) is 59.3 cm³/mol. The molecule has 0 fully saturated rings. The summed E-state index contributed by atoms with van der Waals surface area (Å²) in [4.78, 5) is 43.7. The van der Waals surface area contributed by atoms with E-state index in [4.69, 9.17) is 20.4 Å². The van der Waals surface area contributed by atoms with Crippen molar-refractivity contribution < 1.29 is 52.8 Å². The number of aromatic carboxylic acids is 4. The molecule has 0 saturated carbocycles. The maximum absolute atomic E-state index is 13.0. The molecule has 0 radical (unpaired) electrons. The van der Waals surface area contributed by atoms with Gasteiger partial charge in [-0.25, -0.2) is 19.2 Å². The summed E-state index contributed by atoms with van der Waals surface area (Å²) in [5, 5.41) is 35.1. The first-order chi connectivity index (χ1) is 9.89. The van der Waals surface area contributed by atoms with E-state index < -0.39 is 57.9 Å². The van der Waals surface area contributed by atoms with Gasteiger partial charge in [0.05, 0.1) is 27.8 Å². The Labute approximate surface area is 118 Å². The molecular formula is C11H5F3O8. The molecule has 0 aliphatic heterocycles. The SMILES string of the molecule is O=C(O)c1cc(C(=O)O)c(C(=O)O)c(C(F)(F)F)c1C(=O)O. The van der Waals surface area contributed by atoms with Gasteiger partial charge >= 0.3 is 30.1 Å². The van der Waals surface area contributed by atoms with Crippen LogP contribution in [-0.2, 0) is 6.18 Å². The van der Waals surface area contributed by atoms with E-state index in [1.165, 1.54) is 0 Å². The Morgan fingerprint density at radius 1 is 0.727 bits per heavy atom. The first kappa shape index (κ1) is 16.9. The van der Waals surface area contributed by atoms with Gasteiger partial charge in [0.15, 0.2) is 0 Å². The predicted octanol–water partition coefficient (Wildman–Crippen LogP) is 1.50. The average molecular weight is 322 g/mol. The van der Waals surface area contributed by atoms with Gasteiger partial charge in [-0.05, 0) is 6.07 Å². The lowest BCUT2D eigenvalue weighted by atomic mass is 9.90. The molecule has 0 atom stereocenters. The molecule has 4 N–H and O–H groups in total. The maximum atomic E-state index is 13.0. The van der Waals surface area contributed by atoms with Crippen LogP contribution in [0.4, 0.5) is 13.2 Å². The molecular weight excluding hydrogens is 317 g/mol. The van der Waals surface area contributed by atoms with Crippen molar-refractivity contribution in [2.75, 3.05) is 0 Å². The Morgan fingerprint density at radius 3 is 1.23 bits per heavy atom. The molecule has 0 aromatic heterocycles. The van der Waals surface area contributed by atoms with Crippen molar-refractivity contribution in [2.24, 2.45) is 0 Å². The highest BCUT2D eigenvalue weighted by molar-refractivity contribution is 6.11. The zero-order valence-electron chi connectivity index (χ0n) is 10.1. The van der Waals surface area contributed by atoms with Gasteiger partial charge in [-0.2, -0.15) is 13.2 Å². The van der Waals surface area contributed by atoms with Gasteiger partial charge < -0.3 is 20.4 Å². The molecule has 11 heteroatoms. The second-order valence-corrected chi connectivity index (χ2v) is 3.82. The number of alkyl halides is 3. The Kier molecular flexibility index (Phi) is 4.12. The topological polar surface area (TPSA) is 149 Å². The van der Waals surface area contributed by atoms with E-state index in [0.29, 0.717) is 0 Å². The molecule has 0 heterocycles. The minimum absolute atomic E-state index is 0.0623. The number of carboxylic acids is 4. The van der Waals surface area contributed by atoms with E-state index >= 15 is 0 Å². The first-order valence-corrected chi connectivity index (χ1v) is 5.11. The number of halogens is 3. The third-order valence-electron chi connectivity index (χ3n) is 2.50. The summed E-state index contributed by atoms with van der Waals surface area (Å²) in [6, 6.07) is 0.0623. The lowest BCUT2D eigenvalue weighted by Gasteiger charge is -2.17. The number of carboxylic acid groups (broad SMARTS) is 4. The van der Waals surface area contributed by atoms with E-state index in [0.717, 1.165) is 0 Å². The number of carbonyl (C=O) groups is 4. The largest absolute Gasteiger partial charge is 0.478 e. The van der Waals surface area contributed by atoms with Crippen molar-refractivity contribution in [3.05, 3.63) is 33.9 Å². The van der Waals surface area contributed by atoms with Gasteiger partial charge in [-0.15, -0.1) is 0 Å². The lowest BCUT2D eigenvalue weighted by Crippen LogP contribution is -2.25. The zero-order chi connectivity index (χ0) is 17.4. The smallest absolute Gasteiger partial charge is 0.418 e. The van der Waals surface area contributed by atoms with Gasteiger partial charge in [-0.3, -0.25) is 0 Å². The molecule has 1 aromatic rings. The van der Waals surface area contributed by atoms with E-state index in [1.54, 1.807) is 0 Å². The van der Waals surface area contributed by atoms with Crippen molar-refractivity contribution in [3.8, 4) is 0 Å². The zero-order valence-corrected chi connectivity index (χ0v) is 10.1. The van der Waals surface area contributed by atoms with Gasteiger partial charge in [0, 0.05) is 0 Å². The minimum atomic E-state index is -5.60. The van der Waals surface area contributed by atoms with Crippen molar-refractivity contribution in [3.63, 3.8) is 0 Å². The van der Waals surface area contributed by atoms with Gasteiger partial charge in [0.25, 0.3) is 0 Å². The van der Waals surface area contributed by atoms with Crippen molar-refractivity contribution in [1.82, 2.24) is 0 Å². The molecule has 0 amide bonds. The standard InChI is InChI=1S/C11H5F3O8/c12-11(13,14)6-4(9(19)20)2(7(15)16)1-3(8(17)18)5(6)10(21)22/h1H,(H,15,16)(H,17,18)(H,19,20)(H,21,22). The summed E-state index contributed by atoms with van der Waals surface area (Å²) in [5.41, 5.74) is -9.00. The summed E-state index contributed by atoms with van der Waals surface area (Å²) < 4.78 is 39.0. The second-order valence-electron chi connectivity index (χ2n) is 3.82. The number of hydrogen-bond acceptors (Lipinski definition) is 4. The average Bonchev–Trinajstić information content (AvgIpc) is 2.34. The second kappa shape index (κ2) is 5.35. The molecule has 0 aliphatic carbocycles. The van der Waals surface area contributed by atoms with Crippen LogP contribution in [0, 0.1) is 0 Å². The summed E-state index contributed by atoms with van der Waals surface area (Å²) in [6.07, 6.45) is -5.60. The number of hydrogen-bond donors (Lipinski definition) is 4. The molecule has 0 spiro atoms. The van der Waals surface area contributed by atoms with Crippen LogP contribution in [0.1, 0.15) is 47.0 Å². The molecule has 0 saturated heterocycles. The van der Waals surface area contributed by atoms with E-state index in [9.17, 15) is 32.3 Å². The van der Waals surface area contributed by atoms with Crippen LogP contribution >= 0.6 is 0 Å². The van der Waals surface area contributed by atoms with Crippen LogP contribution in [0.3, 0.4) is 0 Å². The third kappa shape index (κ3) is 2.82. The quantitative estimate of drug-likeness (QED) is 0.651. The molecule has 22 heavy (non-hydrogen) atoms. The Hall–Kier alpha value is -3.11. The van der Waals surface area contributed by atoms with Crippen LogP contribution in [0.25, 0.3) is 0 Å². The molecule has 8 nitrogen and oxygen atoms in total. The van der Waals surface area contributed by atoms with Crippen molar-refractivity contribution in [2.45, 2.75) is 6.18 Å². The molecule has 1 rings (SSSR count). The number of benzene rings is 1. The van der Waals surface area contributed by atoms with Crippen molar-refractivity contribution >= 4 is 23.9 Å². The lowest BCUT2D eigenvalue weighted by molar-refractivity contribution is -0.138. The van der Waals surface area contributed by atoms with Crippen LogP contribution in [0.2, 0.25) is 0 Å². The molecule has 1 aromatic carbocycles. The molecule has 0 bridgehead atoms. The van der Waals surface area contributed by atoms with Crippen LogP contribution in [0.15, 0.2) is 6.07 Å². The normalized spacial score (nSPS) is 11.0. The van der Waals surface area contributed by atoms with Crippen LogP contribution in [0.5, 0.6) is 0 Å². The molecule has 0 unspecified atom stereocenters. The van der Waals surface area contributed by atoms with E-state index in [1.807, 2.05) is 0 Å². The van der Waals surface area contributed by atoms with Gasteiger partial charge in [-0.1, -0.05) is 0 Å². The Balaban J connectivity index is 4.20. The first-order valence-electron chi connectivity index (χ1n) is 5.11. The third-order valence-corrected chi connectivity index (χ3v) is 2.50. The fraction of sp³-hybridized carbons (Fsp3) is 0.0909. The van der Waals surface area contributed by atoms with Crippen LogP contribution in [-0.4, -0.2) is 44.3 Å². The highest BCUT2D eigenvalue weighted by Crippen LogP contribution is 2.38.